The number of aromatic nitrogens is 2. The highest BCUT2D eigenvalue weighted by Gasteiger charge is 2.23. The fraction of sp³-hybridized carbons (Fsp3) is 0.526. The van der Waals surface area contributed by atoms with Gasteiger partial charge in [0.2, 0.25) is 11.7 Å². The molecular weight excluding hydrogens is 348 g/mol. The first kappa shape index (κ1) is 18.1. The Labute approximate surface area is 157 Å². The van der Waals surface area contributed by atoms with Crippen molar-refractivity contribution in [3.8, 4) is 11.4 Å². The normalized spacial score (nSPS) is 21.6. The molecular formula is C19H24N4O4. The minimum atomic E-state index is -0.950. The Hall–Kier alpha value is -2.29. The summed E-state index contributed by atoms with van der Waals surface area (Å²) >= 11 is 0. The van der Waals surface area contributed by atoms with Gasteiger partial charge in [-0.05, 0) is 25.0 Å². The molecule has 8 nitrogen and oxygen atoms in total. The molecule has 144 valence electrons. The Morgan fingerprint density at radius 3 is 2.56 bits per heavy atom. The van der Waals surface area contributed by atoms with Crippen LogP contribution in [0.4, 0.5) is 0 Å². The molecule has 0 amide bonds. The maximum atomic E-state index is 10.9. The number of carbonyl (C=O) groups is 1. The van der Waals surface area contributed by atoms with Gasteiger partial charge >= 0.3 is 5.97 Å². The van der Waals surface area contributed by atoms with Gasteiger partial charge in [-0.3, -0.25) is 9.80 Å². The zero-order valence-electron chi connectivity index (χ0n) is 15.2. The average molecular weight is 372 g/mol. The highest BCUT2D eigenvalue weighted by atomic mass is 16.5. The van der Waals surface area contributed by atoms with Crippen LogP contribution < -0.4 is 0 Å². The number of carboxylic acids is 1. The van der Waals surface area contributed by atoms with Crippen LogP contribution in [0.2, 0.25) is 0 Å². The lowest BCUT2D eigenvalue weighted by molar-refractivity contribution is 0.0468. The van der Waals surface area contributed by atoms with Gasteiger partial charge in [0.1, 0.15) is 0 Å². The monoisotopic (exact) mass is 372 g/mol. The number of hydrogen-bond donors (Lipinski definition) is 1. The molecule has 2 saturated heterocycles. The van der Waals surface area contributed by atoms with Crippen LogP contribution in [-0.4, -0.2) is 76.5 Å². The molecule has 4 rings (SSSR count). The Morgan fingerprint density at radius 1 is 1.15 bits per heavy atom. The molecule has 0 bridgehead atoms. The molecule has 2 fully saturated rings. The fourth-order valence-electron chi connectivity index (χ4n) is 3.60. The van der Waals surface area contributed by atoms with E-state index in [0.29, 0.717) is 24.4 Å². The summed E-state index contributed by atoms with van der Waals surface area (Å²) < 4.78 is 11.1. The molecule has 2 aromatic rings. The van der Waals surface area contributed by atoms with E-state index in [9.17, 15) is 4.79 Å². The summed E-state index contributed by atoms with van der Waals surface area (Å²) in [5.74, 6) is 0.118. The lowest BCUT2D eigenvalue weighted by Crippen LogP contribution is -2.48. The zero-order valence-corrected chi connectivity index (χ0v) is 15.2. The third-order valence-electron chi connectivity index (χ3n) is 5.17. The minimum absolute atomic E-state index is 0.239. The molecule has 1 unspecified atom stereocenters. The van der Waals surface area contributed by atoms with E-state index in [0.717, 1.165) is 44.9 Å². The van der Waals surface area contributed by atoms with Gasteiger partial charge in [0.05, 0.1) is 18.2 Å². The third-order valence-corrected chi connectivity index (χ3v) is 5.17. The van der Waals surface area contributed by atoms with E-state index in [1.165, 1.54) is 12.8 Å². The van der Waals surface area contributed by atoms with Crippen LogP contribution in [0.15, 0.2) is 28.8 Å². The van der Waals surface area contributed by atoms with Gasteiger partial charge in [0, 0.05) is 44.9 Å². The predicted molar refractivity (Wildman–Crippen MR) is 97.4 cm³/mol. The van der Waals surface area contributed by atoms with E-state index in [1.54, 1.807) is 24.3 Å². The first-order valence-corrected chi connectivity index (χ1v) is 9.40. The molecule has 1 atom stereocenters. The van der Waals surface area contributed by atoms with E-state index in [-0.39, 0.29) is 5.56 Å². The summed E-state index contributed by atoms with van der Waals surface area (Å²) in [5, 5.41) is 13.0. The Bertz CT molecular complexity index is 762. The molecule has 1 aromatic heterocycles. The molecule has 0 spiro atoms. The van der Waals surface area contributed by atoms with Crippen LogP contribution in [0.5, 0.6) is 0 Å². The highest BCUT2D eigenvalue weighted by Crippen LogP contribution is 2.18. The van der Waals surface area contributed by atoms with Crippen LogP contribution in [-0.2, 0) is 11.3 Å². The third kappa shape index (κ3) is 4.52. The van der Waals surface area contributed by atoms with Gasteiger partial charge < -0.3 is 14.4 Å². The highest BCUT2D eigenvalue weighted by molar-refractivity contribution is 5.88. The second-order valence-corrected chi connectivity index (χ2v) is 7.11. The summed E-state index contributed by atoms with van der Waals surface area (Å²) in [4.78, 5) is 20.2. The van der Waals surface area contributed by atoms with Crippen molar-refractivity contribution >= 4 is 5.97 Å². The Morgan fingerprint density at radius 2 is 1.89 bits per heavy atom. The number of aromatic carboxylic acids is 1. The smallest absolute Gasteiger partial charge is 0.335 e. The molecule has 0 aliphatic carbocycles. The first-order chi connectivity index (χ1) is 13.2. The summed E-state index contributed by atoms with van der Waals surface area (Å²) in [6.07, 6.45) is 2.77. The summed E-state index contributed by atoms with van der Waals surface area (Å²) in [7, 11) is 0. The van der Waals surface area contributed by atoms with Crippen molar-refractivity contribution < 1.29 is 19.2 Å². The van der Waals surface area contributed by atoms with Crippen molar-refractivity contribution in [3.63, 3.8) is 0 Å². The second kappa shape index (κ2) is 8.16. The summed E-state index contributed by atoms with van der Waals surface area (Å²) in [6, 6.07) is 6.48. The number of ether oxygens (including phenoxy) is 1. The van der Waals surface area contributed by atoms with Crippen molar-refractivity contribution in [1.29, 1.82) is 0 Å². The van der Waals surface area contributed by atoms with E-state index in [2.05, 4.69) is 19.9 Å². The molecule has 27 heavy (non-hydrogen) atoms. The zero-order chi connectivity index (χ0) is 18.6. The van der Waals surface area contributed by atoms with Crippen molar-refractivity contribution in [2.45, 2.75) is 25.5 Å². The van der Waals surface area contributed by atoms with Crippen molar-refractivity contribution in [2.75, 3.05) is 39.3 Å². The van der Waals surface area contributed by atoms with Crippen molar-refractivity contribution in [3.05, 3.63) is 35.7 Å². The van der Waals surface area contributed by atoms with Gasteiger partial charge in [-0.1, -0.05) is 17.3 Å². The SMILES string of the molecule is O=C(O)c1ccc(-c2noc(CN3CCN(CC4CCCO4)CC3)n2)cc1. The molecule has 8 heteroatoms. The van der Waals surface area contributed by atoms with Crippen LogP contribution in [0.25, 0.3) is 11.4 Å². The molecule has 1 N–H and O–H groups in total. The summed E-state index contributed by atoms with van der Waals surface area (Å²) in [6.45, 7) is 6.56. The predicted octanol–water partition coefficient (Wildman–Crippen LogP) is 1.73. The minimum Gasteiger partial charge on any atom is -0.478 e. The lowest BCUT2D eigenvalue weighted by Gasteiger charge is -2.34. The maximum absolute atomic E-state index is 10.9. The fourth-order valence-corrected chi connectivity index (χ4v) is 3.60. The number of piperazine rings is 1. The van der Waals surface area contributed by atoms with Gasteiger partial charge in [0.25, 0.3) is 0 Å². The van der Waals surface area contributed by atoms with E-state index in [1.807, 2.05) is 0 Å². The standard InChI is InChI=1S/C19H24N4O4/c24-19(25)15-5-3-14(4-6-15)18-20-17(27-21-18)13-23-9-7-22(8-10-23)12-16-2-1-11-26-16/h3-6,16H,1-2,7-13H2,(H,24,25). The topological polar surface area (TPSA) is 91.9 Å². The van der Waals surface area contributed by atoms with E-state index >= 15 is 0 Å². The Kier molecular flexibility index (Phi) is 5.47. The van der Waals surface area contributed by atoms with Gasteiger partial charge in [-0.2, -0.15) is 4.98 Å². The number of benzene rings is 1. The van der Waals surface area contributed by atoms with Crippen LogP contribution in [0, 0.1) is 0 Å². The molecule has 1 aromatic carbocycles. The molecule has 2 aliphatic rings. The number of hydrogen-bond acceptors (Lipinski definition) is 7. The van der Waals surface area contributed by atoms with Crippen LogP contribution in [0.1, 0.15) is 29.1 Å². The van der Waals surface area contributed by atoms with Crippen molar-refractivity contribution in [2.24, 2.45) is 0 Å². The maximum Gasteiger partial charge on any atom is 0.335 e. The molecule has 2 aliphatic heterocycles. The average Bonchev–Trinajstić information content (AvgIpc) is 3.36. The van der Waals surface area contributed by atoms with Gasteiger partial charge in [-0.15, -0.1) is 0 Å². The van der Waals surface area contributed by atoms with Crippen LogP contribution in [0.3, 0.4) is 0 Å². The Balaban J connectivity index is 1.29. The second-order valence-electron chi connectivity index (χ2n) is 7.11. The van der Waals surface area contributed by atoms with Gasteiger partial charge in [-0.25, -0.2) is 4.79 Å². The molecule has 0 radical (unpaired) electrons. The van der Waals surface area contributed by atoms with Crippen LogP contribution >= 0.6 is 0 Å². The lowest BCUT2D eigenvalue weighted by atomic mass is 10.1. The quantitative estimate of drug-likeness (QED) is 0.820. The molecule has 0 saturated carbocycles. The first-order valence-electron chi connectivity index (χ1n) is 9.40. The number of nitrogens with zero attached hydrogens (tertiary/aromatic N) is 4. The van der Waals surface area contributed by atoms with E-state index < -0.39 is 5.97 Å². The van der Waals surface area contributed by atoms with Crippen molar-refractivity contribution in [1.82, 2.24) is 19.9 Å². The number of carboxylic acid groups (broad SMARTS) is 1. The molecule has 3 heterocycles. The largest absolute Gasteiger partial charge is 0.478 e. The van der Waals surface area contributed by atoms with Gasteiger partial charge in [0.15, 0.2) is 0 Å². The van der Waals surface area contributed by atoms with E-state index in [4.69, 9.17) is 14.4 Å². The number of rotatable bonds is 6. The summed E-state index contributed by atoms with van der Waals surface area (Å²) in [5.41, 5.74) is 0.986.